The summed E-state index contributed by atoms with van der Waals surface area (Å²) in [6.07, 6.45) is 80.3. The lowest BCUT2D eigenvalue weighted by Crippen LogP contribution is -2.30. The zero-order valence-corrected chi connectivity index (χ0v) is 51.3. The lowest BCUT2D eigenvalue weighted by atomic mass is 10.0. The van der Waals surface area contributed by atoms with Gasteiger partial charge in [0.1, 0.15) is 13.2 Å². The lowest BCUT2D eigenvalue weighted by Gasteiger charge is -2.18. The molecule has 6 nitrogen and oxygen atoms in total. The number of hydrogen-bond donors (Lipinski definition) is 0. The van der Waals surface area contributed by atoms with E-state index in [1.54, 1.807) is 0 Å². The van der Waals surface area contributed by atoms with Gasteiger partial charge in [-0.2, -0.15) is 0 Å². The number of carbonyl (C=O) groups is 3. The first kappa shape index (κ1) is 73.6. The van der Waals surface area contributed by atoms with E-state index in [1.165, 1.54) is 263 Å². The van der Waals surface area contributed by atoms with Crippen LogP contribution in [0.1, 0.15) is 374 Å². The van der Waals surface area contributed by atoms with Crippen molar-refractivity contribution >= 4 is 17.9 Å². The van der Waals surface area contributed by atoms with Crippen LogP contribution >= 0.6 is 0 Å². The van der Waals surface area contributed by atoms with Gasteiger partial charge in [-0.15, -0.1) is 0 Å². The Morgan fingerprint density at radius 2 is 0.487 bits per heavy atom. The van der Waals surface area contributed by atoms with Gasteiger partial charge < -0.3 is 14.2 Å². The summed E-state index contributed by atoms with van der Waals surface area (Å²) in [6.45, 7) is 6.65. The summed E-state index contributed by atoms with van der Waals surface area (Å²) in [6, 6.07) is 0. The minimum atomic E-state index is -0.776. The van der Waals surface area contributed by atoms with Crippen molar-refractivity contribution in [3.63, 3.8) is 0 Å². The molecule has 0 aromatic carbocycles. The Kier molecular flexibility index (Phi) is 63.1. The smallest absolute Gasteiger partial charge is 0.306 e. The van der Waals surface area contributed by atoms with E-state index in [0.29, 0.717) is 19.3 Å². The Hall–Kier alpha value is -2.37. The molecule has 0 aromatic heterocycles. The standard InChI is InChI=1S/C70H130O6/c1-4-7-10-13-16-19-22-24-26-28-30-32-33-34-35-36-38-39-41-43-45-48-51-54-57-60-63-69(72)75-66-67(65-74-68(71)62-59-56-53-50-47-21-18-15-12-9-6-3)76-70(73)64-61-58-55-52-49-46-44-42-40-37-31-29-27-25-23-20-17-14-11-8-5-2/h15,18,23,25,29,31,67H,4-14,16-17,19-22,24,26-28,30,32-66H2,1-3H3/b18-15-,25-23-,31-29-. The summed E-state index contributed by atoms with van der Waals surface area (Å²) >= 11 is 0. The normalized spacial score (nSPS) is 12.2. The third-order valence-electron chi connectivity index (χ3n) is 15.4. The average Bonchev–Trinajstić information content (AvgIpc) is 3.42. The van der Waals surface area contributed by atoms with Gasteiger partial charge in [-0.3, -0.25) is 14.4 Å². The second kappa shape index (κ2) is 65.2. The van der Waals surface area contributed by atoms with E-state index in [2.05, 4.69) is 57.2 Å². The SMILES string of the molecule is CCCC/C=C\CCCCCCCC(=O)OCC(COC(=O)CCCCCCCCCCCCCCCCCCCCCCCCCCCC)OC(=O)CCCCCCCCCCC/C=C\C/C=C\CCCCCCC. The van der Waals surface area contributed by atoms with Crippen LogP contribution in [0, 0.1) is 0 Å². The van der Waals surface area contributed by atoms with Crippen LogP contribution in [0.4, 0.5) is 0 Å². The molecule has 6 heteroatoms. The Morgan fingerprint density at radius 1 is 0.263 bits per heavy atom. The van der Waals surface area contributed by atoms with E-state index < -0.39 is 6.10 Å². The molecule has 0 saturated heterocycles. The summed E-state index contributed by atoms with van der Waals surface area (Å²) in [4.78, 5) is 38.3. The van der Waals surface area contributed by atoms with Crippen molar-refractivity contribution in [3.05, 3.63) is 36.5 Å². The molecule has 0 N–H and O–H groups in total. The molecule has 0 saturated carbocycles. The quantitative estimate of drug-likeness (QED) is 0.0261. The molecular formula is C70H130O6. The molecule has 0 bridgehead atoms. The van der Waals surface area contributed by atoms with Crippen molar-refractivity contribution in [2.24, 2.45) is 0 Å². The number of rotatable bonds is 63. The van der Waals surface area contributed by atoms with Gasteiger partial charge in [0, 0.05) is 19.3 Å². The first-order chi connectivity index (χ1) is 37.5. The molecule has 76 heavy (non-hydrogen) atoms. The summed E-state index contributed by atoms with van der Waals surface area (Å²) in [5.74, 6) is -0.863. The van der Waals surface area contributed by atoms with Gasteiger partial charge >= 0.3 is 17.9 Å². The highest BCUT2D eigenvalue weighted by Gasteiger charge is 2.19. The van der Waals surface area contributed by atoms with Gasteiger partial charge in [-0.05, 0) is 70.6 Å². The van der Waals surface area contributed by atoms with Crippen LogP contribution in [0.15, 0.2) is 36.5 Å². The van der Waals surface area contributed by atoms with Crippen LogP contribution in [0.5, 0.6) is 0 Å². The van der Waals surface area contributed by atoms with E-state index in [-0.39, 0.29) is 31.1 Å². The topological polar surface area (TPSA) is 78.9 Å². The zero-order chi connectivity index (χ0) is 55.0. The molecule has 0 amide bonds. The highest BCUT2D eigenvalue weighted by atomic mass is 16.6. The van der Waals surface area contributed by atoms with Crippen LogP contribution in [0.25, 0.3) is 0 Å². The third-order valence-corrected chi connectivity index (χ3v) is 15.4. The van der Waals surface area contributed by atoms with Gasteiger partial charge in [0.25, 0.3) is 0 Å². The summed E-state index contributed by atoms with van der Waals surface area (Å²) in [5, 5.41) is 0. The largest absolute Gasteiger partial charge is 0.462 e. The Bertz CT molecular complexity index is 1270. The van der Waals surface area contributed by atoms with Crippen molar-refractivity contribution in [2.75, 3.05) is 13.2 Å². The Morgan fingerprint density at radius 3 is 0.776 bits per heavy atom. The van der Waals surface area contributed by atoms with Crippen LogP contribution in [0.3, 0.4) is 0 Å². The Labute approximate surface area is 474 Å². The maximum atomic E-state index is 12.9. The molecule has 1 atom stereocenters. The number of esters is 3. The van der Waals surface area contributed by atoms with Crippen molar-refractivity contribution < 1.29 is 28.6 Å². The fourth-order valence-corrected chi connectivity index (χ4v) is 10.2. The molecule has 0 aromatic rings. The average molecular weight is 1070 g/mol. The van der Waals surface area contributed by atoms with Crippen LogP contribution in [-0.2, 0) is 28.6 Å². The van der Waals surface area contributed by atoms with Crippen molar-refractivity contribution in [1.82, 2.24) is 0 Å². The van der Waals surface area contributed by atoms with E-state index in [4.69, 9.17) is 14.2 Å². The molecule has 0 spiro atoms. The minimum Gasteiger partial charge on any atom is -0.462 e. The van der Waals surface area contributed by atoms with Crippen molar-refractivity contribution in [3.8, 4) is 0 Å². The van der Waals surface area contributed by atoms with Crippen LogP contribution < -0.4 is 0 Å². The maximum absolute atomic E-state index is 12.9. The van der Waals surface area contributed by atoms with Gasteiger partial charge in [-0.25, -0.2) is 0 Å². The Balaban J connectivity index is 4.19. The monoisotopic (exact) mass is 1070 g/mol. The maximum Gasteiger partial charge on any atom is 0.306 e. The fourth-order valence-electron chi connectivity index (χ4n) is 10.2. The number of allylic oxidation sites excluding steroid dienone is 6. The predicted molar refractivity (Wildman–Crippen MR) is 330 cm³/mol. The molecule has 0 aliphatic heterocycles. The van der Waals surface area contributed by atoms with Crippen molar-refractivity contribution in [2.45, 2.75) is 380 Å². The van der Waals surface area contributed by atoms with Crippen LogP contribution in [-0.4, -0.2) is 37.2 Å². The molecule has 0 radical (unpaired) electrons. The second-order valence-corrected chi connectivity index (χ2v) is 23.1. The minimum absolute atomic E-state index is 0.0723. The second-order valence-electron chi connectivity index (χ2n) is 23.1. The van der Waals surface area contributed by atoms with E-state index in [9.17, 15) is 14.4 Å². The molecule has 0 aliphatic carbocycles. The highest BCUT2D eigenvalue weighted by Crippen LogP contribution is 2.18. The van der Waals surface area contributed by atoms with E-state index >= 15 is 0 Å². The number of ether oxygens (including phenoxy) is 3. The molecule has 0 rings (SSSR count). The first-order valence-corrected chi connectivity index (χ1v) is 34.0. The molecule has 0 heterocycles. The summed E-state index contributed by atoms with van der Waals surface area (Å²) in [7, 11) is 0. The molecular weight excluding hydrogens is 937 g/mol. The van der Waals surface area contributed by atoms with Gasteiger partial charge in [-0.1, -0.05) is 320 Å². The first-order valence-electron chi connectivity index (χ1n) is 34.0. The fraction of sp³-hybridized carbons (Fsp3) is 0.871. The number of carbonyl (C=O) groups excluding carboxylic acids is 3. The predicted octanol–water partition coefficient (Wildman–Crippen LogP) is 23.2. The van der Waals surface area contributed by atoms with E-state index in [1.807, 2.05) is 0 Å². The van der Waals surface area contributed by atoms with Crippen molar-refractivity contribution in [1.29, 1.82) is 0 Å². The van der Waals surface area contributed by atoms with Gasteiger partial charge in [0.2, 0.25) is 0 Å². The third kappa shape index (κ3) is 62.5. The van der Waals surface area contributed by atoms with Crippen LogP contribution in [0.2, 0.25) is 0 Å². The highest BCUT2D eigenvalue weighted by molar-refractivity contribution is 5.71. The molecule has 1 unspecified atom stereocenters. The van der Waals surface area contributed by atoms with Gasteiger partial charge in [0.05, 0.1) is 0 Å². The van der Waals surface area contributed by atoms with Gasteiger partial charge in [0.15, 0.2) is 6.10 Å². The summed E-state index contributed by atoms with van der Waals surface area (Å²) in [5.41, 5.74) is 0. The summed E-state index contributed by atoms with van der Waals surface area (Å²) < 4.78 is 16.9. The number of unbranched alkanes of at least 4 members (excludes halogenated alkanes) is 46. The zero-order valence-electron chi connectivity index (χ0n) is 51.3. The molecule has 446 valence electrons. The molecule has 0 aliphatic rings. The number of hydrogen-bond acceptors (Lipinski definition) is 6. The lowest BCUT2D eigenvalue weighted by molar-refractivity contribution is -0.167. The van der Waals surface area contributed by atoms with E-state index in [0.717, 1.165) is 70.6 Å². The molecule has 0 fully saturated rings.